The fourth-order valence-electron chi connectivity index (χ4n) is 1.03. The molecule has 0 aromatic carbocycles. The molecule has 0 amide bonds. The van der Waals surface area contributed by atoms with E-state index in [2.05, 4.69) is 5.16 Å². The Morgan fingerprint density at radius 1 is 1.40 bits per heavy atom. The average molecular weight is 237 g/mol. The van der Waals surface area contributed by atoms with Crippen molar-refractivity contribution in [1.82, 2.24) is 4.31 Å². The summed E-state index contributed by atoms with van der Waals surface area (Å²) in [5.74, 6) is -0.118. The van der Waals surface area contributed by atoms with Crippen LogP contribution in [0.5, 0.6) is 0 Å². The molecule has 15 heavy (non-hydrogen) atoms. The molecular formula is C8H19N3O3S. The van der Waals surface area contributed by atoms with E-state index in [9.17, 15) is 8.42 Å². The van der Waals surface area contributed by atoms with Crippen LogP contribution in [-0.2, 0) is 10.0 Å². The highest BCUT2D eigenvalue weighted by Crippen LogP contribution is 2.12. The second-order valence-corrected chi connectivity index (χ2v) is 6.27. The summed E-state index contributed by atoms with van der Waals surface area (Å²) in [4.78, 5) is 0. The van der Waals surface area contributed by atoms with Crippen LogP contribution >= 0.6 is 0 Å². The van der Waals surface area contributed by atoms with Gasteiger partial charge < -0.3 is 10.9 Å². The Morgan fingerprint density at radius 2 is 1.87 bits per heavy atom. The van der Waals surface area contributed by atoms with Crippen LogP contribution in [0, 0.1) is 0 Å². The number of hydrogen-bond donors (Lipinski definition) is 2. The number of amidine groups is 1. The van der Waals surface area contributed by atoms with Crippen molar-refractivity contribution >= 4 is 15.9 Å². The molecule has 7 heteroatoms. The molecule has 0 fully saturated rings. The number of rotatable bonds is 5. The molecule has 0 aliphatic carbocycles. The van der Waals surface area contributed by atoms with E-state index >= 15 is 0 Å². The summed E-state index contributed by atoms with van der Waals surface area (Å²) in [6.07, 6.45) is 0. The van der Waals surface area contributed by atoms with Crippen LogP contribution in [0.4, 0.5) is 0 Å². The third-order valence-electron chi connectivity index (χ3n) is 1.94. The first-order valence-corrected chi connectivity index (χ1v) is 6.20. The molecule has 0 saturated carbocycles. The van der Waals surface area contributed by atoms with E-state index in [1.165, 1.54) is 4.31 Å². The predicted octanol–water partition coefficient (Wildman–Crippen LogP) is 0.181. The molecule has 3 N–H and O–H groups in total. The highest BCUT2D eigenvalue weighted by Gasteiger charge is 2.28. The normalized spacial score (nSPS) is 14.2. The van der Waals surface area contributed by atoms with Crippen molar-refractivity contribution in [2.45, 2.75) is 39.0 Å². The Balaban J connectivity index is 5.00. The first kappa shape index (κ1) is 14.2. The molecule has 90 valence electrons. The van der Waals surface area contributed by atoms with Gasteiger partial charge in [0.1, 0.15) is 0 Å². The third kappa shape index (κ3) is 3.67. The molecule has 0 radical (unpaired) electrons. The van der Waals surface area contributed by atoms with E-state index in [1.54, 1.807) is 27.7 Å². The fourth-order valence-corrected chi connectivity index (χ4v) is 2.47. The summed E-state index contributed by atoms with van der Waals surface area (Å²) in [5, 5.41) is 10.7. The summed E-state index contributed by atoms with van der Waals surface area (Å²) in [6, 6.07) is -0.224. The van der Waals surface area contributed by atoms with Gasteiger partial charge >= 0.3 is 0 Å². The fraction of sp³-hybridized carbons (Fsp3) is 0.875. The first-order chi connectivity index (χ1) is 6.73. The van der Waals surface area contributed by atoms with E-state index in [1.807, 2.05) is 0 Å². The van der Waals surface area contributed by atoms with Gasteiger partial charge in [0.25, 0.3) is 0 Å². The summed E-state index contributed by atoms with van der Waals surface area (Å²) < 4.78 is 24.9. The van der Waals surface area contributed by atoms with Crippen LogP contribution in [0.2, 0.25) is 0 Å². The van der Waals surface area contributed by atoms with E-state index in [0.717, 1.165) is 0 Å². The lowest BCUT2D eigenvalue weighted by atomic mass is 10.4. The molecular weight excluding hydrogens is 218 g/mol. The van der Waals surface area contributed by atoms with Crippen LogP contribution in [-0.4, -0.2) is 41.6 Å². The summed E-state index contributed by atoms with van der Waals surface area (Å²) >= 11 is 0. The standard InChI is InChI=1S/C8H19N3O3S/c1-6(2)11(5-8(9)10-12)15(13,14)7(3)4/h6-7,12H,5H2,1-4H3,(H2,9,10). The van der Waals surface area contributed by atoms with Crippen LogP contribution in [0.15, 0.2) is 5.16 Å². The van der Waals surface area contributed by atoms with E-state index in [0.29, 0.717) is 0 Å². The molecule has 0 aliphatic heterocycles. The molecule has 0 saturated heterocycles. The lowest BCUT2D eigenvalue weighted by Crippen LogP contribution is -2.45. The third-order valence-corrected chi connectivity index (χ3v) is 4.34. The molecule has 0 atom stereocenters. The van der Waals surface area contributed by atoms with E-state index < -0.39 is 15.3 Å². The second kappa shape index (κ2) is 5.32. The van der Waals surface area contributed by atoms with Crippen molar-refractivity contribution in [3.63, 3.8) is 0 Å². The molecule has 0 aliphatic rings. The Hall–Kier alpha value is -0.820. The zero-order chi connectivity index (χ0) is 12.2. The van der Waals surface area contributed by atoms with Gasteiger partial charge in [0, 0.05) is 6.04 Å². The highest BCUT2D eigenvalue weighted by atomic mass is 32.2. The zero-order valence-corrected chi connectivity index (χ0v) is 10.3. The topological polar surface area (TPSA) is 96.0 Å². The van der Waals surface area contributed by atoms with Gasteiger partial charge in [-0.15, -0.1) is 0 Å². The SMILES string of the molecule is CC(C)N(CC(N)=NO)S(=O)(=O)C(C)C. The average Bonchev–Trinajstić information content (AvgIpc) is 2.12. The van der Waals surface area contributed by atoms with E-state index in [4.69, 9.17) is 10.9 Å². The van der Waals surface area contributed by atoms with Gasteiger partial charge in [0.15, 0.2) is 5.84 Å². The second-order valence-electron chi connectivity index (χ2n) is 3.82. The van der Waals surface area contributed by atoms with Crippen molar-refractivity contribution in [2.24, 2.45) is 10.9 Å². The number of nitrogens with zero attached hydrogens (tertiary/aromatic N) is 2. The van der Waals surface area contributed by atoms with Gasteiger partial charge in [-0.1, -0.05) is 5.16 Å². The number of nitrogens with two attached hydrogens (primary N) is 1. The van der Waals surface area contributed by atoms with Crippen molar-refractivity contribution in [2.75, 3.05) is 6.54 Å². The van der Waals surface area contributed by atoms with Gasteiger partial charge in [0.2, 0.25) is 10.0 Å². The number of hydrogen-bond acceptors (Lipinski definition) is 4. The lowest BCUT2D eigenvalue weighted by molar-refractivity contribution is 0.312. The Bertz CT molecular complexity index is 322. The molecule has 6 nitrogen and oxygen atoms in total. The Morgan fingerprint density at radius 3 is 2.13 bits per heavy atom. The molecule has 0 unspecified atom stereocenters. The minimum atomic E-state index is -3.38. The maximum absolute atomic E-state index is 11.9. The minimum absolute atomic E-state index is 0.0886. The largest absolute Gasteiger partial charge is 0.409 e. The maximum Gasteiger partial charge on any atom is 0.217 e. The monoisotopic (exact) mass is 237 g/mol. The van der Waals surface area contributed by atoms with Gasteiger partial charge in [-0.05, 0) is 27.7 Å². The minimum Gasteiger partial charge on any atom is -0.409 e. The van der Waals surface area contributed by atoms with Crippen LogP contribution in [0.3, 0.4) is 0 Å². The molecule has 0 heterocycles. The summed E-state index contributed by atoms with van der Waals surface area (Å²) in [7, 11) is -3.38. The smallest absolute Gasteiger partial charge is 0.217 e. The molecule has 0 aromatic heterocycles. The molecule has 0 rings (SSSR count). The molecule has 0 aromatic rings. The van der Waals surface area contributed by atoms with E-state index in [-0.39, 0.29) is 18.4 Å². The van der Waals surface area contributed by atoms with Gasteiger partial charge in [-0.3, -0.25) is 0 Å². The van der Waals surface area contributed by atoms with Gasteiger partial charge in [0.05, 0.1) is 11.8 Å². The summed E-state index contributed by atoms with van der Waals surface area (Å²) in [6.45, 7) is 6.58. The Kier molecular flexibility index (Phi) is 5.02. The van der Waals surface area contributed by atoms with Gasteiger partial charge in [-0.25, -0.2) is 8.42 Å². The quantitative estimate of drug-likeness (QED) is 0.308. The molecule has 0 bridgehead atoms. The van der Waals surface area contributed by atoms with Crippen LogP contribution < -0.4 is 5.73 Å². The van der Waals surface area contributed by atoms with Gasteiger partial charge in [-0.2, -0.15) is 4.31 Å². The van der Waals surface area contributed by atoms with Crippen molar-refractivity contribution in [3.05, 3.63) is 0 Å². The lowest BCUT2D eigenvalue weighted by Gasteiger charge is -2.27. The number of sulfonamides is 1. The van der Waals surface area contributed by atoms with Crippen molar-refractivity contribution < 1.29 is 13.6 Å². The summed E-state index contributed by atoms with van der Waals surface area (Å²) in [5.41, 5.74) is 5.30. The highest BCUT2D eigenvalue weighted by molar-refractivity contribution is 7.89. The number of oxime groups is 1. The van der Waals surface area contributed by atoms with Crippen molar-refractivity contribution in [1.29, 1.82) is 0 Å². The zero-order valence-electron chi connectivity index (χ0n) is 9.51. The van der Waals surface area contributed by atoms with Crippen LogP contribution in [0.1, 0.15) is 27.7 Å². The predicted molar refractivity (Wildman–Crippen MR) is 59.3 cm³/mol. The first-order valence-electron chi connectivity index (χ1n) is 4.70. The van der Waals surface area contributed by atoms with Crippen molar-refractivity contribution in [3.8, 4) is 0 Å². The molecule has 0 spiro atoms. The Labute approximate surface area is 90.8 Å². The maximum atomic E-state index is 11.9. The van der Waals surface area contributed by atoms with Crippen LogP contribution in [0.25, 0.3) is 0 Å².